The van der Waals surface area contributed by atoms with Crippen LogP contribution in [-0.4, -0.2) is 28.0 Å². The molecule has 0 aliphatic rings. The molecule has 0 unspecified atom stereocenters. The summed E-state index contributed by atoms with van der Waals surface area (Å²) in [4.78, 5) is 11.4. The third-order valence-electron chi connectivity index (χ3n) is 1.91. The third-order valence-corrected chi connectivity index (χ3v) is 4.62. The van der Waals surface area contributed by atoms with Crippen LogP contribution in [0.1, 0.15) is 39.5 Å². The quantitative estimate of drug-likeness (QED) is 0.312. The Morgan fingerprint density at radius 1 is 1.33 bits per heavy atom. The van der Waals surface area contributed by atoms with E-state index in [1.165, 1.54) is 7.11 Å². The molecule has 0 N–H and O–H groups in total. The Labute approximate surface area is 104 Å². The van der Waals surface area contributed by atoms with Gasteiger partial charge >= 0.3 is 104 Å². The number of rotatable bonds is 7. The fourth-order valence-electron chi connectivity index (χ4n) is 1.13. The average molecular weight is 298 g/mol. The number of methoxy groups -OCH3 is 1. The fraction of sp³-hybridized carbons (Fsp3) is 0.727. The molecule has 0 amide bonds. The van der Waals surface area contributed by atoms with Crippen molar-refractivity contribution in [1.82, 2.24) is 0 Å². The molecule has 0 aromatic heterocycles. The molecule has 0 fully saturated rings. The average Bonchev–Trinajstić information content (AvgIpc) is 2.25. The van der Waals surface area contributed by atoms with Gasteiger partial charge in [0.2, 0.25) is 0 Å². The van der Waals surface area contributed by atoms with E-state index < -0.39 is 0 Å². The monoisotopic (exact) mass is 298 g/mol. The molecule has 0 aliphatic heterocycles. The van der Waals surface area contributed by atoms with Crippen LogP contribution in [0.15, 0.2) is 9.50 Å². The minimum absolute atomic E-state index is 0.149. The summed E-state index contributed by atoms with van der Waals surface area (Å²) >= 11 is 6.28. The van der Waals surface area contributed by atoms with Crippen molar-refractivity contribution in [1.29, 1.82) is 0 Å². The van der Waals surface area contributed by atoms with Crippen LogP contribution in [0.5, 0.6) is 0 Å². The summed E-state index contributed by atoms with van der Waals surface area (Å²) in [6.07, 6.45) is 4.18. The van der Waals surface area contributed by atoms with Crippen molar-refractivity contribution in [3.8, 4) is 0 Å². The second-order valence-electron chi connectivity index (χ2n) is 3.12. The summed E-state index contributed by atoms with van der Waals surface area (Å²) in [7, 11) is 1.41. The Hall–Kier alpha value is 0.0195. The van der Waals surface area contributed by atoms with Gasteiger partial charge in [0.05, 0.1) is 0 Å². The molecule has 0 atom stereocenters. The fourth-order valence-corrected chi connectivity index (χ4v) is 3.19. The second-order valence-corrected chi connectivity index (χ2v) is 6.25. The van der Waals surface area contributed by atoms with Crippen LogP contribution >= 0.6 is 11.6 Å². The van der Waals surface area contributed by atoms with Crippen LogP contribution in [-0.2, 0) is 9.53 Å². The van der Waals surface area contributed by atoms with Crippen LogP contribution in [0.25, 0.3) is 0 Å². The number of hydrogen-bond donors (Lipinski definition) is 0. The topological polar surface area (TPSA) is 26.3 Å². The molecule has 0 radical (unpaired) electrons. The summed E-state index contributed by atoms with van der Waals surface area (Å²) in [5.74, 6) is -0.252. The number of hydrogen-bond acceptors (Lipinski definition) is 2. The van der Waals surface area contributed by atoms with Crippen molar-refractivity contribution >= 4 is 32.5 Å². The molecule has 0 aromatic rings. The van der Waals surface area contributed by atoms with E-state index >= 15 is 0 Å². The van der Waals surface area contributed by atoms with Gasteiger partial charge in [0, 0.05) is 0 Å². The number of carbonyl (C=O) groups excluding carboxylic acids is 1. The summed E-state index contributed by atoms with van der Waals surface area (Å²) in [5.41, 5.74) is 0. The van der Waals surface area contributed by atoms with Crippen molar-refractivity contribution in [2.24, 2.45) is 0 Å². The summed E-state index contributed by atoms with van der Waals surface area (Å²) in [5, 5.41) is 1.68. The molecule has 0 aromatic carbocycles. The van der Waals surface area contributed by atoms with Gasteiger partial charge in [-0.1, -0.05) is 0 Å². The second kappa shape index (κ2) is 9.26. The van der Waals surface area contributed by atoms with E-state index in [0.717, 1.165) is 31.0 Å². The van der Waals surface area contributed by atoms with E-state index in [1.807, 2.05) is 0 Å². The van der Waals surface area contributed by atoms with E-state index in [-0.39, 0.29) is 20.9 Å². The normalized spacial score (nSPS) is 12.3. The number of ether oxygens (including phenoxy) is 1. The Balaban J connectivity index is 4.39. The first-order chi connectivity index (χ1) is 7.17. The van der Waals surface area contributed by atoms with E-state index in [0.29, 0.717) is 9.50 Å². The van der Waals surface area contributed by atoms with Gasteiger partial charge in [-0.15, -0.1) is 0 Å². The van der Waals surface area contributed by atoms with Crippen molar-refractivity contribution in [2.75, 3.05) is 7.11 Å². The number of unbranched alkanes of at least 4 members (excludes halogenated alkanes) is 2. The standard InChI is InChI=1S/C11H19ClO2Se/c1-4-6-7-8-9(12)10(15-5-2)11(13)14-3/h4-8H2,1-3H3/b10-9-. The van der Waals surface area contributed by atoms with Crippen LogP contribution in [0.3, 0.4) is 0 Å². The molecular weight excluding hydrogens is 279 g/mol. The Bertz CT molecular complexity index is 227. The molecule has 0 bridgehead atoms. The van der Waals surface area contributed by atoms with Crippen LogP contribution in [0.2, 0.25) is 5.32 Å². The van der Waals surface area contributed by atoms with Gasteiger partial charge in [-0.2, -0.15) is 0 Å². The van der Waals surface area contributed by atoms with E-state index in [9.17, 15) is 4.79 Å². The maximum absolute atomic E-state index is 11.4. The molecule has 0 aliphatic carbocycles. The first kappa shape index (κ1) is 15.0. The first-order valence-corrected chi connectivity index (χ1v) is 7.71. The molecule has 0 saturated heterocycles. The summed E-state index contributed by atoms with van der Waals surface area (Å²) in [6.45, 7) is 4.20. The van der Waals surface area contributed by atoms with E-state index in [2.05, 4.69) is 13.8 Å². The first-order valence-electron chi connectivity index (χ1n) is 5.27. The summed E-state index contributed by atoms with van der Waals surface area (Å²) in [6, 6.07) is 0. The Kier molecular flexibility index (Phi) is 9.27. The van der Waals surface area contributed by atoms with Crippen LogP contribution < -0.4 is 0 Å². The minimum atomic E-state index is -0.252. The molecular formula is C11H19ClO2Se. The van der Waals surface area contributed by atoms with Crippen molar-refractivity contribution in [3.05, 3.63) is 9.50 Å². The van der Waals surface area contributed by atoms with Gasteiger partial charge in [-0.25, -0.2) is 0 Å². The zero-order chi connectivity index (χ0) is 11.7. The predicted molar refractivity (Wildman–Crippen MR) is 65.3 cm³/mol. The number of carbonyl (C=O) groups is 1. The van der Waals surface area contributed by atoms with Gasteiger partial charge in [0.25, 0.3) is 0 Å². The third kappa shape index (κ3) is 6.24. The SMILES string of the molecule is CCCCC/C(Cl)=C(/[Se]CC)C(=O)OC. The van der Waals surface area contributed by atoms with E-state index in [1.54, 1.807) is 0 Å². The molecule has 0 rings (SSSR count). The Morgan fingerprint density at radius 2 is 2.00 bits per heavy atom. The van der Waals surface area contributed by atoms with Crippen LogP contribution in [0, 0.1) is 0 Å². The van der Waals surface area contributed by atoms with Crippen LogP contribution in [0.4, 0.5) is 0 Å². The molecule has 0 saturated carbocycles. The molecule has 2 nitrogen and oxygen atoms in total. The molecule has 88 valence electrons. The van der Waals surface area contributed by atoms with Gasteiger partial charge in [0.15, 0.2) is 0 Å². The van der Waals surface area contributed by atoms with Crippen molar-refractivity contribution in [3.63, 3.8) is 0 Å². The number of allylic oxidation sites excluding steroid dienone is 1. The van der Waals surface area contributed by atoms with Crippen molar-refractivity contribution in [2.45, 2.75) is 44.9 Å². The number of halogens is 1. The Morgan fingerprint density at radius 3 is 2.47 bits per heavy atom. The van der Waals surface area contributed by atoms with Gasteiger partial charge in [-0.3, -0.25) is 0 Å². The molecule has 0 heterocycles. The van der Waals surface area contributed by atoms with E-state index in [4.69, 9.17) is 16.3 Å². The zero-order valence-corrected chi connectivity index (χ0v) is 12.1. The molecule has 15 heavy (non-hydrogen) atoms. The maximum atomic E-state index is 11.4. The van der Waals surface area contributed by atoms with Gasteiger partial charge < -0.3 is 0 Å². The number of esters is 1. The summed E-state index contributed by atoms with van der Waals surface area (Å²) < 4.78 is 5.44. The predicted octanol–water partition coefficient (Wildman–Crippen LogP) is 3.33. The molecule has 0 spiro atoms. The van der Waals surface area contributed by atoms with Crippen molar-refractivity contribution < 1.29 is 9.53 Å². The van der Waals surface area contributed by atoms with Gasteiger partial charge in [-0.05, 0) is 0 Å². The molecule has 4 heteroatoms. The zero-order valence-electron chi connectivity index (χ0n) is 9.64. The van der Waals surface area contributed by atoms with Gasteiger partial charge in [0.1, 0.15) is 0 Å².